The van der Waals surface area contributed by atoms with Crippen molar-refractivity contribution in [3.63, 3.8) is 0 Å². The van der Waals surface area contributed by atoms with E-state index in [1.807, 2.05) is 6.07 Å². The minimum Gasteiger partial charge on any atom is -0.396 e. The second kappa shape index (κ2) is 6.91. The minimum absolute atomic E-state index is 0.134. The Morgan fingerprint density at radius 1 is 1.26 bits per heavy atom. The highest BCUT2D eigenvalue weighted by molar-refractivity contribution is 5.59. The van der Waals surface area contributed by atoms with E-state index in [1.54, 1.807) is 19.1 Å². The van der Waals surface area contributed by atoms with Gasteiger partial charge in [0.05, 0.1) is 5.69 Å². The molecule has 1 aromatic carbocycles. The quantitative estimate of drug-likeness (QED) is 0.684. The predicted molar refractivity (Wildman–Crippen MR) is 88.6 cm³/mol. The molecular formula is C17H21FN4O. The molecule has 1 aromatic heterocycles. The second-order valence-electron chi connectivity index (χ2n) is 5.87. The molecule has 0 radical (unpaired) electrons. The molecular weight excluding hydrogens is 295 g/mol. The van der Waals surface area contributed by atoms with Crippen LogP contribution in [-0.2, 0) is 0 Å². The van der Waals surface area contributed by atoms with Crippen molar-refractivity contribution >= 4 is 17.5 Å². The number of nitrogens with one attached hydrogen (secondary N) is 2. The standard InChI is InChI=1S/C17H21FN4O/c1-11-9-13(5-6-14(11)18)20-16-10-15(12-3-4-12)21-17(22-16)19-7-2-8-23/h5-6,9-10,12,23H,2-4,7-8H2,1H3,(H2,19,20,21,22). The lowest BCUT2D eigenvalue weighted by Crippen LogP contribution is -2.09. The van der Waals surface area contributed by atoms with Crippen molar-refractivity contribution < 1.29 is 9.50 Å². The van der Waals surface area contributed by atoms with Crippen LogP contribution in [0.2, 0.25) is 0 Å². The van der Waals surface area contributed by atoms with E-state index >= 15 is 0 Å². The van der Waals surface area contributed by atoms with Gasteiger partial charge in [-0.15, -0.1) is 0 Å². The van der Waals surface area contributed by atoms with Gasteiger partial charge >= 0.3 is 0 Å². The van der Waals surface area contributed by atoms with Gasteiger partial charge in [0.25, 0.3) is 0 Å². The van der Waals surface area contributed by atoms with E-state index in [9.17, 15) is 4.39 Å². The Hall–Kier alpha value is -2.21. The molecule has 3 N–H and O–H groups in total. The summed E-state index contributed by atoms with van der Waals surface area (Å²) >= 11 is 0. The number of nitrogens with zero attached hydrogens (tertiary/aromatic N) is 2. The van der Waals surface area contributed by atoms with Gasteiger partial charge < -0.3 is 15.7 Å². The van der Waals surface area contributed by atoms with Crippen molar-refractivity contribution in [2.45, 2.75) is 32.1 Å². The lowest BCUT2D eigenvalue weighted by molar-refractivity contribution is 0.292. The lowest BCUT2D eigenvalue weighted by atomic mass is 10.2. The monoisotopic (exact) mass is 316 g/mol. The summed E-state index contributed by atoms with van der Waals surface area (Å²) in [6.45, 7) is 2.49. The van der Waals surface area contributed by atoms with Crippen molar-refractivity contribution in [1.29, 1.82) is 0 Å². The number of hydrogen-bond acceptors (Lipinski definition) is 5. The number of anilines is 3. The molecule has 1 heterocycles. The first-order valence-electron chi connectivity index (χ1n) is 7.92. The minimum atomic E-state index is -0.219. The molecule has 0 saturated heterocycles. The Bertz CT molecular complexity index is 688. The third-order valence-electron chi connectivity index (χ3n) is 3.79. The molecule has 122 valence electrons. The number of rotatable bonds is 7. The molecule has 3 rings (SSSR count). The lowest BCUT2D eigenvalue weighted by Gasteiger charge is -2.11. The molecule has 1 fully saturated rings. The van der Waals surface area contributed by atoms with Gasteiger partial charge in [-0.05, 0) is 49.9 Å². The van der Waals surface area contributed by atoms with Gasteiger partial charge in [0.2, 0.25) is 5.95 Å². The molecule has 0 unspecified atom stereocenters. The number of aromatic nitrogens is 2. The third-order valence-corrected chi connectivity index (χ3v) is 3.79. The second-order valence-corrected chi connectivity index (χ2v) is 5.87. The van der Waals surface area contributed by atoms with Crippen molar-refractivity contribution in [2.24, 2.45) is 0 Å². The Balaban J connectivity index is 1.80. The fraction of sp³-hybridized carbons (Fsp3) is 0.412. The summed E-state index contributed by atoms with van der Waals surface area (Å²) in [7, 11) is 0. The van der Waals surface area contributed by atoms with Gasteiger partial charge in [-0.25, -0.2) is 9.37 Å². The summed E-state index contributed by atoms with van der Waals surface area (Å²) in [6, 6.07) is 6.85. The van der Waals surface area contributed by atoms with Crippen molar-refractivity contribution in [2.75, 3.05) is 23.8 Å². The van der Waals surface area contributed by atoms with E-state index in [-0.39, 0.29) is 12.4 Å². The van der Waals surface area contributed by atoms with Crippen LogP contribution >= 0.6 is 0 Å². The van der Waals surface area contributed by atoms with Crippen LogP contribution in [0.4, 0.5) is 21.8 Å². The van der Waals surface area contributed by atoms with Crippen LogP contribution in [0, 0.1) is 12.7 Å². The Morgan fingerprint density at radius 3 is 2.78 bits per heavy atom. The average molecular weight is 316 g/mol. The summed E-state index contributed by atoms with van der Waals surface area (Å²) < 4.78 is 13.4. The first-order chi connectivity index (χ1) is 11.2. The first kappa shape index (κ1) is 15.7. The summed E-state index contributed by atoms with van der Waals surface area (Å²) in [6.07, 6.45) is 2.96. The first-order valence-corrected chi connectivity index (χ1v) is 7.92. The summed E-state index contributed by atoms with van der Waals surface area (Å²) in [5, 5.41) is 15.2. The molecule has 0 aliphatic heterocycles. The van der Waals surface area contributed by atoms with E-state index in [2.05, 4.69) is 20.6 Å². The van der Waals surface area contributed by atoms with Crippen molar-refractivity contribution in [3.05, 3.63) is 41.3 Å². The highest BCUT2D eigenvalue weighted by Crippen LogP contribution is 2.40. The highest BCUT2D eigenvalue weighted by Gasteiger charge is 2.26. The van der Waals surface area contributed by atoms with Crippen LogP contribution in [0.3, 0.4) is 0 Å². The van der Waals surface area contributed by atoms with Gasteiger partial charge in [0.15, 0.2) is 0 Å². The van der Waals surface area contributed by atoms with Gasteiger partial charge in [-0.1, -0.05) is 0 Å². The van der Waals surface area contributed by atoms with Crippen LogP contribution in [0.1, 0.15) is 36.4 Å². The maximum Gasteiger partial charge on any atom is 0.224 e. The normalized spacial score (nSPS) is 13.9. The number of hydrogen-bond donors (Lipinski definition) is 3. The molecule has 0 amide bonds. The van der Waals surface area contributed by atoms with Gasteiger partial charge in [-0.2, -0.15) is 4.98 Å². The smallest absolute Gasteiger partial charge is 0.224 e. The van der Waals surface area contributed by atoms with Crippen LogP contribution < -0.4 is 10.6 Å². The molecule has 6 heteroatoms. The molecule has 0 spiro atoms. The number of aliphatic hydroxyl groups excluding tert-OH is 1. The molecule has 0 atom stereocenters. The Morgan fingerprint density at radius 2 is 2.09 bits per heavy atom. The average Bonchev–Trinajstić information content (AvgIpc) is 3.36. The number of benzene rings is 1. The van der Waals surface area contributed by atoms with E-state index in [4.69, 9.17) is 5.11 Å². The van der Waals surface area contributed by atoms with Crippen LogP contribution in [0.25, 0.3) is 0 Å². The maximum atomic E-state index is 13.4. The largest absolute Gasteiger partial charge is 0.396 e. The van der Waals surface area contributed by atoms with E-state index in [0.29, 0.717) is 36.2 Å². The van der Waals surface area contributed by atoms with E-state index in [1.165, 1.54) is 6.07 Å². The van der Waals surface area contributed by atoms with Crippen molar-refractivity contribution in [3.8, 4) is 0 Å². The summed E-state index contributed by atoms with van der Waals surface area (Å²) in [5.74, 6) is 1.54. The molecule has 2 aromatic rings. The van der Waals surface area contributed by atoms with Gasteiger partial charge in [0.1, 0.15) is 11.6 Å². The number of halogens is 1. The predicted octanol–water partition coefficient (Wildman–Crippen LogP) is 3.34. The zero-order valence-corrected chi connectivity index (χ0v) is 13.1. The number of aryl methyl sites for hydroxylation is 1. The van der Waals surface area contributed by atoms with Gasteiger partial charge in [-0.3, -0.25) is 0 Å². The number of aliphatic hydroxyl groups is 1. The Kier molecular flexibility index (Phi) is 4.71. The molecule has 1 saturated carbocycles. The Labute approximate surface area is 135 Å². The van der Waals surface area contributed by atoms with Crippen LogP contribution in [0.5, 0.6) is 0 Å². The van der Waals surface area contributed by atoms with Gasteiger partial charge in [0, 0.05) is 30.8 Å². The zero-order chi connectivity index (χ0) is 16.2. The van der Waals surface area contributed by atoms with E-state index in [0.717, 1.165) is 24.2 Å². The fourth-order valence-electron chi connectivity index (χ4n) is 2.35. The van der Waals surface area contributed by atoms with Crippen molar-refractivity contribution in [1.82, 2.24) is 9.97 Å². The molecule has 1 aliphatic rings. The molecule has 23 heavy (non-hydrogen) atoms. The van der Waals surface area contributed by atoms with Crippen LogP contribution in [0.15, 0.2) is 24.3 Å². The SMILES string of the molecule is Cc1cc(Nc2cc(C3CC3)nc(NCCCO)n2)ccc1F. The highest BCUT2D eigenvalue weighted by atomic mass is 19.1. The molecule has 0 bridgehead atoms. The summed E-state index contributed by atoms with van der Waals surface area (Å²) in [5.41, 5.74) is 2.41. The third kappa shape index (κ3) is 4.16. The zero-order valence-electron chi connectivity index (χ0n) is 13.1. The summed E-state index contributed by atoms with van der Waals surface area (Å²) in [4.78, 5) is 8.99. The topological polar surface area (TPSA) is 70.1 Å². The van der Waals surface area contributed by atoms with Crippen LogP contribution in [-0.4, -0.2) is 28.2 Å². The van der Waals surface area contributed by atoms with E-state index < -0.39 is 0 Å². The molecule has 5 nitrogen and oxygen atoms in total. The molecule has 1 aliphatic carbocycles. The fourth-order valence-corrected chi connectivity index (χ4v) is 2.35. The maximum absolute atomic E-state index is 13.4.